The monoisotopic (exact) mass is 992 g/mol. The Bertz CT molecular complexity index is 4100. The van der Waals surface area contributed by atoms with Crippen molar-refractivity contribution in [2.24, 2.45) is 0 Å². The zero-order valence-electron chi connectivity index (χ0n) is 41.9. The summed E-state index contributed by atoms with van der Waals surface area (Å²) in [6.45, 7) is 4.81. The van der Waals surface area contributed by atoms with Gasteiger partial charge >= 0.3 is 0 Å². The molecule has 15 rings (SSSR count). The van der Waals surface area contributed by atoms with Gasteiger partial charge in [-0.1, -0.05) is 208 Å². The van der Waals surface area contributed by atoms with Crippen molar-refractivity contribution in [3.63, 3.8) is 0 Å². The lowest BCUT2D eigenvalue weighted by atomic mass is 9.82. The van der Waals surface area contributed by atoms with E-state index in [1.807, 2.05) is 0 Å². The highest BCUT2D eigenvalue weighted by Gasteiger charge is 2.51. The predicted octanol–water partition coefficient (Wildman–Crippen LogP) is 16.6. The highest BCUT2D eigenvalue weighted by Crippen LogP contribution is 2.79. The van der Waals surface area contributed by atoms with E-state index in [1.165, 1.54) is 107 Å². The molecular weight excluding hydrogens is 941 g/mol. The Morgan fingerprint density at radius 2 is 0.787 bits per heavy atom. The van der Waals surface area contributed by atoms with Gasteiger partial charge in [-0.2, -0.15) is 0 Å². The summed E-state index contributed by atoms with van der Waals surface area (Å²) >= 11 is 0. The lowest BCUT2D eigenvalue weighted by molar-refractivity contribution is 0.660. The van der Waals surface area contributed by atoms with Crippen LogP contribution in [0.15, 0.2) is 299 Å². The maximum atomic E-state index is 2.61. The van der Waals surface area contributed by atoms with Gasteiger partial charge in [-0.3, -0.25) is 0 Å². The zero-order valence-corrected chi connectivity index (χ0v) is 43.7. The van der Waals surface area contributed by atoms with E-state index in [0.29, 0.717) is 0 Å². The number of benzene rings is 12. The summed E-state index contributed by atoms with van der Waals surface area (Å²) in [5.41, 5.74) is 12.6. The topological polar surface area (TPSA) is 6.48 Å². The third kappa shape index (κ3) is 6.15. The highest BCUT2D eigenvalue weighted by atomic mass is 32.3. The fraction of sp³-hybridized carbons (Fsp3) is 0.0423. The van der Waals surface area contributed by atoms with Crippen molar-refractivity contribution >= 4 is 94.5 Å². The van der Waals surface area contributed by atoms with Crippen molar-refractivity contribution < 1.29 is 0 Å². The van der Waals surface area contributed by atoms with E-state index < -0.39 is 18.1 Å². The van der Waals surface area contributed by atoms with Crippen LogP contribution in [0, 0.1) is 0 Å². The van der Waals surface area contributed by atoms with E-state index in [9.17, 15) is 0 Å². The fourth-order valence-corrected chi connectivity index (χ4v) is 22.7. The van der Waals surface area contributed by atoms with Crippen LogP contribution in [0.3, 0.4) is 0 Å². The van der Waals surface area contributed by atoms with Gasteiger partial charge in [0.15, 0.2) is 8.07 Å². The maximum absolute atomic E-state index is 2.90. The Morgan fingerprint density at radius 3 is 1.35 bits per heavy atom. The lowest BCUT2D eigenvalue weighted by Gasteiger charge is -2.49. The van der Waals surface area contributed by atoms with Crippen molar-refractivity contribution in [2.75, 3.05) is 9.80 Å². The van der Waals surface area contributed by atoms with E-state index in [0.717, 1.165) is 11.4 Å². The molecule has 0 fully saturated rings. The van der Waals surface area contributed by atoms with Gasteiger partial charge < -0.3 is 9.80 Å². The Hall–Kier alpha value is -8.67. The molecule has 75 heavy (non-hydrogen) atoms. The fourth-order valence-electron chi connectivity index (χ4n) is 13.5. The van der Waals surface area contributed by atoms with Gasteiger partial charge in [0, 0.05) is 47.7 Å². The van der Waals surface area contributed by atoms with E-state index >= 15 is 0 Å². The Morgan fingerprint density at radius 1 is 0.333 bits per heavy atom. The summed E-state index contributed by atoms with van der Waals surface area (Å²) in [5.74, 6) is 0. The average molecular weight is 993 g/mol. The number of para-hydroxylation sites is 3. The third-order valence-electron chi connectivity index (χ3n) is 16.7. The van der Waals surface area contributed by atoms with Crippen molar-refractivity contribution in [1.82, 2.24) is 0 Å². The summed E-state index contributed by atoms with van der Waals surface area (Å²) < 4.78 is 0. The number of hydrogen-bond acceptors (Lipinski definition) is 2. The summed E-state index contributed by atoms with van der Waals surface area (Å²) in [6, 6.07) is 106. The lowest BCUT2D eigenvalue weighted by Crippen LogP contribution is -2.77. The first-order valence-corrected chi connectivity index (χ1v) is 29.8. The molecule has 0 N–H and O–H groups in total. The van der Waals surface area contributed by atoms with E-state index in [1.54, 1.807) is 0 Å². The third-order valence-corrected chi connectivity index (χ3v) is 25.5. The number of fused-ring (bicyclic) bond motifs is 10. The van der Waals surface area contributed by atoms with Crippen LogP contribution in [-0.2, 0) is 5.41 Å². The molecule has 0 atom stereocenters. The van der Waals surface area contributed by atoms with Crippen molar-refractivity contribution in [3.05, 3.63) is 290 Å². The van der Waals surface area contributed by atoms with E-state index in [4.69, 9.17) is 0 Å². The molecule has 4 heteroatoms. The highest BCUT2D eigenvalue weighted by molar-refractivity contribution is 8.34. The van der Waals surface area contributed by atoms with Gasteiger partial charge in [0.1, 0.15) is 0 Å². The number of rotatable bonds is 6. The summed E-state index contributed by atoms with van der Waals surface area (Å²) in [6.07, 6.45) is 0. The van der Waals surface area contributed by atoms with Gasteiger partial charge in [-0.15, -0.1) is 10.0 Å². The molecule has 3 aliphatic rings. The molecule has 1 aliphatic carbocycles. The molecule has 0 bridgehead atoms. The smallest absolute Gasteiger partial charge is 0.184 e. The number of anilines is 6. The standard InChI is InChI=1S/C71H52N2SSi/c1-71(2)61-32-16-15-31-59(61)60-47-70-66(48-62(60)71)73(65-35-19-22-38-69(65)75(70,55-27-11-5-12-28-55)56-29-13-6-14-30-56)52-42-44-58-50(46-52)40-39-49-45-51(41-43-57(49)58)72-63-33-17-20-36-67(63)74(53-23-7-3-8-24-53,54-25-9-4-10-26-54)68-37-21-18-34-64(68)72/h3-48H,1-2H3. The van der Waals surface area contributed by atoms with Crippen LogP contribution in [0.4, 0.5) is 34.1 Å². The number of nitrogens with zero attached hydrogens (tertiary/aromatic N) is 2. The second-order valence-electron chi connectivity index (χ2n) is 20.8. The largest absolute Gasteiger partial charge is 0.311 e. The van der Waals surface area contributed by atoms with Crippen LogP contribution in [-0.4, -0.2) is 8.07 Å². The molecule has 2 heterocycles. The van der Waals surface area contributed by atoms with E-state index in [2.05, 4.69) is 303 Å². The SMILES string of the molecule is CC1(C)c2ccccc2-c2cc3c(cc21)N(c1ccc2c(ccc4cc(N5c6ccccc6S(c6ccccc6)(c6ccccc6)c6ccccc65)ccc42)c1)c1ccccc1[Si]3(c1ccccc1)c1ccccc1. The molecule has 2 nitrogen and oxygen atoms in total. The second kappa shape index (κ2) is 16.7. The Balaban J connectivity index is 0.906. The quantitative estimate of drug-likeness (QED) is 0.121. The first kappa shape index (κ1) is 43.9. The summed E-state index contributed by atoms with van der Waals surface area (Å²) in [5, 5.41) is 10.5. The Kier molecular flexibility index (Phi) is 9.75. The molecule has 0 spiro atoms. The minimum absolute atomic E-state index is 0.166. The molecule has 0 aromatic heterocycles. The molecule has 0 amide bonds. The van der Waals surface area contributed by atoms with Gasteiger partial charge in [0.25, 0.3) is 0 Å². The minimum Gasteiger partial charge on any atom is -0.311 e. The van der Waals surface area contributed by atoms with Crippen molar-refractivity contribution in [2.45, 2.75) is 38.8 Å². The molecule has 12 aromatic carbocycles. The van der Waals surface area contributed by atoms with Gasteiger partial charge in [-0.25, -0.2) is 0 Å². The van der Waals surface area contributed by atoms with Crippen LogP contribution in [0.1, 0.15) is 25.0 Å². The molecule has 0 radical (unpaired) electrons. The molecule has 2 aliphatic heterocycles. The molecule has 356 valence electrons. The summed E-state index contributed by atoms with van der Waals surface area (Å²) in [4.78, 5) is 10.5. The van der Waals surface area contributed by atoms with Crippen molar-refractivity contribution in [3.8, 4) is 11.1 Å². The predicted molar refractivity (Wildman–Crippen MR) is 319 cm³/mol. The van der Waals surface area contributed by atoms with Crippen LogP contribution < -0.4 is 30.5 Å². The first-order valence-electron chi connectivity index (χ1n) is 26.2. The normalized spacial score (nSPS) is 15.5. The Labute approximate surface area is 441 Å². The van der Waals surface area contributed by atoms with Crippen molar-refractivity contribution in [1.29, 1.82) is 0 Å². The van der Waals surface area contributed by atoms with Crippen LogP contribution in [0.25, 0.3) is 32.7 Å². The molecule has 0 saturated heterocycles. The van der Waals surface area contributed by atoms with Gasteiger partial charge in [-0.05, 0) is 149 Å². The first-order chi connectivity index (χ1) is 37.0. The molecule has 0 saturated carbocycles. The second-order valence-corrected chi connectivity index (χ2v) is 27.6. The van der Waals surface area contributed by atoms with Gasteiger partial charge in [0.05, 0.1) is 11.4 Å². The zero-order chi connectivity index (χ0) is 49.9. The summed E-state index contributed by atoms with van der Waals surface area (Å²) in [7, 11) is -4.74. The van der Waals surface area contributed by atoms with Crippen LogP contribution >= 0.6 is 10.0 Å². The molecule has 0 unspecified atom stereocenters. The van der Waals surface area contributed by atoms with Gasteiger partial charge in [0.2, 0.25) is 0 Å². The minimum atomic E-state index is -2.90. The molecule has 12 aromatic rings. The number of hydrogen-bond donors (Lipinski definition) is 0. The van der Waals surface area contributed by atoms with E-state index in [-0.39, 0.29) is 5.41 Å². The molecular formula is C71H52N2SSi. The van der Waals surface area contributed by atoms with Crippen LogP contribution in [0.5, 0.6) is 0 Å². The van der Waals surface area contributed by atoms with Crippen LogP contribution in [0.2, 0.25) is 0 Å². The average Bonchev–Trinajstić information content (AvgIpc) is 3.73. The maximum Gasteiger partial charge on any atom is 0.184 e.